The van der Waals surface area contributed by atoms with Crippen LogP contribution in [0.3, 0.4) is 0 Å². The van der Waals surface area contributed by atoms with E-state index in [-0.39, 0.29) is 17.8 Å². The molecule has 7 heteroatoms. The number of thiazole rings is 1. The number of rotatable bonds is 4. The fourth-order valence-corrected chi connectivity index (χ4v) is 5.65. The zero-order chi connectivity index (χ0) is 22.2. The molecule has 4 aromatic rings. The Kier molecular flexibility index (Phi) is 5.51. The first-order chi connectivity index (χ1) is 15.5. The second-order valence-corrected chi connectivity index (χ2v) is 9.40. The molecule has 0 N–H and O–H groups in total. The van der Waals surface area contributed by atoms with Crippen LogP contribution in [0.25, 0.3) is 15.9 Å². The van der Waals surface area contributed by atoms with Gasteiger partial charge in [-0.15, -0.1) is 11.3 Å². The Morgan fingerprint density at radius 3 is 2.69 bits per heavy atom. The zero-order valence-corrected chi connectivity index (χ0v) is 19.0. The van der Waals surface area contributed by atoms with Crippen LogP contribution in [-0.2, 0) is 11.2 Å². The monoisotopic (exact) mass is 448 g/mol. The third kappa shape index (κ3) is 3.81. The molecule has 32 heavy (non-hydrogen) atoms. The molecule has 1 unspecified atom stereocenters. The molecule has 5 nitrogen and oxygen atoms in total. The first-order valence-corrected chi connectivity index (χ1v) is 11.8. The second kappa shape index (κ2) is 8.47. The molecule has 0 saturated carbocycles. The number of aryl methyl sites for hydroxylation is 1. The summed E-state index contributed by atoms with van der Waals surface area (Å²) in [5, 5.41) is 5.65. The summed E-state index contributed by atoms with van der Waals surface area (Å²) in [6.45, 7) is 4.65. The van der Waals surface area contributed by atoms with E-state index in [4.69, 9.17) is 4.98 Å². The zero-order valence-electron chi connectivity index (χ0n) is 18.2. The number of para-hydroxylation sites is 1. The highest BCUT2D eigenvalue weighted by Crippen LogP contribution is 2.36. The molecule has 164 valence electrons. The summed E-state index contributed by atoms with van der Waals surface area (Å²) in [5.74, 6) is -0.171. The van der Waals surface area contributed by atoms with Gasteiger partial charge < -0.3 is 4.90 Å². The molecule has 1 aliphatic heterocycles. The summed E-state index contributed by atoms with van der Waals surface area (Å²) in [6.07, 6.45) is 3.36. The highest BCUT2D eigenvalue weighted by atomic mass is 32.1. The van der Waals surface area contributed by atoms with Gasteiger partial charge in [-0.3, -0.25) is 4.79 Å². The molecule has 0 radical (unpaired) electrons. The van der Waals surface area contributed by atoms with Crippen LogP contribution in [0.2, 0.25) is 0 Å². The van der Waals surface area contributed by atoms with Crippen LogP contribution in [0, 0.1) is 19.7 Å². The van der Waals surface area contributed by atoms with Crippen LogP contribution in [0.5, 0.6) is 0 Å². The molecule has 0 aliphatic carbocycles. The van der Waals surface area contributed by atoms with E-state index >= 15 is 0 Å². The van der Waals surface area contributed by atoms with Gasteiger partial charge in [0, 0.05) is 17.8 Å². The second-order valence-electron chi connectivity index (χ2n) is 8.33. The minimum absolute atomic E-state index is 0.0291. The van der Waals surface area contributed by atoms with Crippen molar-refractivity contribution in [3.05, 3.63) is 76.3 Å². The maximum atomic E-state index is 13.5. The first-order valence-electron chi connectivity index (χ1n) is 11.0. The summed E-state index contributed by atoms with van der Waals surface area (Å²) >= 11 is 1.69. The largest absolute Gasteiger partial charge is 0.333 e. The van der Waals surface area contributed by atoms with Crippen LogP contribution in [0.4, 0.5) is 4.39 Å². The average molecular weight is 449 g/mol. The molecule has 1 aliphatic rings. The average Bonchev–Trinajstić information content (AvgIpc) is 3.36. The minimum Gasteiger partial charge on any atom is -0.333 e. The molecule has 3 heterocycles. The van der Waals surface area contributed by atoms with Crippen molar-refractivity contribution in [2.24, 2.45) is 0 Å². The van der Waals surface area contributed by atoms with Gasteiger partial charge in [-0.05, 0) is 69.5 Å². The summed E-state index contributed by atoms with van der Waals surface area (Å²) in [6, 6.07) is 14.4. The summed E-state index contributed by atoms with van der Waals surface area (Å²) in [5.41, 5.74) is 4.46. The molecule has 2 aromatic carbocycles. The first kappa shape index (κ1) is 20.8. The van der Waals surface area contributed by atoms with Gasteiger partial charge in [-0.2, -0.15) is 5.10 Å². The lowest BCUT2D eigenvalue weighted by Gasteiger charge is -2.34. The van der Waals surface area contributed by atoms with Gasteiger partial charge >= 0.3 is 0 Å². The van der Waals surface area contributed by atoms with Gasteiger partial charge in [-0.1, -0.05) is 12.1 Å². The highest BCUT2D eigenvalue weighted by molar-refractivity contribution is 7.18. The predicted molar refractivity (Wildman–Crippen MR) is 125 cm³/mol. The van der Waals surface area contributed by atoms with Crippen LogP contribution < -0.4 is 0 Å². The molecular weight excluding hydrogens is 423 g/mol. The van der Waals surface area contributed by atoms with Crippen LogP contribution in [0.1, 0.15) is 47.3 Å². The normalized spacial score (nSPS) is 16.6. The standard InChI is InChI=1S/C25H25FN4OS/c1-16-20(17(2)30(28-16)19-12-10-18(26)11-13-19)15-24(31)29-14-6-5-8-22(29)25-27-21-7-3-4-9-23(21)32-25/h3-4,7,9-13,22H,5-6,8,14-15H2,1-2H3. The molecule has 5 rings (SSSR count). The van der Waals surface area contributed by atoms with Gasteiger partial charge in [0.15, 0.2) is 0 Å². The lowest BCUT2D eigenvalue weighted by Crippen LogP contribution is -2.39. The minimum atomic E-state index is -0.281. The number of nitrogens with zero attached hydrogens (tertiary/aromatic N) is 4. The van der Waals surface area contributed by atoms with E-state index in [0.717, 1.165) is 63.7 Å². The number of piperidine rings is 1. The van der Waals surface area contributed by atoms with Crippen molar-refractivity contribution in [1.82, 2.24) is 19.7 Å². The van der Waals surface area contributed by atoms with Crippen molar-refractivity contribution in [2.75, 3.05) is 6.54 Å². The SMILES string of the molecule is Cc1nn(-c2ccc(F)cc2)c(C)c1CC(=O)N1CCCCC1c1nc2ccccc2s1. The Balaban J connectivity index is 1.41. The van der Waals surface area contributed by atoms with Crippen molar-refractivity contribution < 1.29 is 9.18 Å². The molecule has 1 saturated heterocycles. The molecule has 1 amide bonds. The lowest BCUT2D eigenvalue weighted by atomic mass is 10.0. The third-order valence-electron chi connectivity index (χ3n) is 6.26. The van der Waals surface area contributed by atoms with E-state index in [2.05, 4.69) is 11.2 Å². The van der Waals surface area contributed by atoms with Gasteiger partial charge in [0.1, 0.15) is 10.8 Å². The quantitative estimate of drug-likeness (QED) is 0.412. The van der Waals surface area contributed by atoms with Gasteiger partial charge in [0.2, 0.25) is 5.91 Å². The van der Waals surface area contributed by atoms with Crippen molar-refractivity contribution in [2.45, 2.75) is 45.6 Å². The van der Waals surface area contributed by atoms with E-state index in [1.807, 2.05) is 36.9 Å². The molecule has 2 aromatic heterocycles. The molecule has 1 atom stereocenters. The molecule has 0 bridgehead atoms. The van der Waals surface area contributed by atoms with Gasteiger partial charge in [0.25, 0.3) is 0 Å². The number of fused-ring (bicyclic) bond motifs is 1. The fraction of sp³-hybridized carbons (Fsp3) is 0.320. The number of carbonyl (C=O) groups is 1. The van der Waals surface area contributed by atoms with Crippen LogP contribution >= 0.6 is 11.3 Å². The maximum absolute atomic E-state index is 13.5. The molecule has 0 spiro atoms. The van der Waals surface area contributed by atoms with Crippen molar-refractivity contribution in [3.8, 4) is 5.69 Å². The summed E-state index contributed by atoms with van der Waals surface area (Å²) < 4.78 is 16.3. The van der Waals surface area contributed by atoms with E-state index in [1.54, 1.807) is 28.2 Å². The smallest absolute Gasteiger partial charge is 0.227 e. The maximum Gasteiger partial charge on any atom is 0.227 e. The van der Waals surface area contributed by atoms with E-state index in [9.17, 15) is 9.18 Å². The Morgan fingerprint density at radius 1 is 1.12 bits per heavy atom. The lowest BCUT2D eigenvalue weighted by molar-refractivity contribution is -0.134. The van der Waals surface area contributed by atoms with Gasteiger partial charge in [-0.25, -0.2) is 14.1 Å². The summed E-state index contributed by atoms with van der Waals surface area (Å²) in [7, 11) is 0. The summed E-state index contributed by atoms with van der Waals surface area (Å²) in [4.78, 5) is 20.3. The van der Waals surface area contributed by atoms with Crippen molar-refractivity contribution >= 4 is 27.5 Å². The third-order valence-corrected chi connectivity index (χ3v) is 7.40. The Morgan fingerprint density at radius 2 is 1.91 bits per heavy atom. The molecular formula is C25H25FN4OS. The highest BCUT2D eigenvalue weighted by Gasteiger charge is 2.31. The number of halogens is 1. The number of aromatic nitrogens is 3. The number of carbonyl (C=O) groups excluding carboxylic acids is 1. The predicted octanol–water partition coefficient (Wildman–Crippen LogP) is 5.53. The Labute approximate surface area is 190 Å². The molecule has 1 fully saturated rings. The van der Waals surface area contributed by atoms with E-state index < -0.39 is 0 Å². The number of hydrogen-bond donors (Lipinski definition) is 0. The fourth-order valence-electron chi connectivity index (χ4n) is 4.54. The van der Waals surface area contributed by atoms with E-state index in [1.165, 1.54) is 12.1 Å². The number of amides is 1. The Bertz CT molecular complexity index is 1240. The van der Waals surface area contributed by atoms with Crippen molar-refractivity contribution in [3.63, 3.8) is 0 Å². The Hall–Kier alpha value is -3.06. The van der Waals surface area contributed by atoms with Crippen LogP contribution in [-0.4, -0.2) is 32.1 Å². The van der Waals surface area contributed by atoms with E-state index in [0.29, 0.717) is 6.42 Å². The number of hydrogen-bond acceptors (Lipinski definition) is 4. The van der Waals surface area contributed by atoms with Gasteiger partial charge in [0.05, 0.1) is 34.1 Å². The number of benzene rings is 2. The number of likely N-dealkylation sites (tertiary alicyclic amines) is 1. The topological polar surface area (TPSA) is 51.0 Å². The van der Waals surface area contributed by atoms with Crippen molar-refractivity contribution in [1.29, 1.82) is 0 Å². The van der Waals surface area contributed by atoms with Crippen LogP contribution in [0.15, 0.2) is 48.5 Å².